The van der Waals surface area contributed by atoms with Crippen molar-refractivity contribution in [2.24, 2.45) is 5.92 Å². The number of fused-ring (bicyclic) bond motifs is 1. The number of aromatic nitrogens is 1. The minimum atomic E-state index is -4.53. The van der Waals surface area contributed by atoms with Crippen LogP contribution in [0, 0.1) is 5.92 Å². The Morgan fingerprint density at radius 2 is 1.62 bits per heavy atom. The zero-order chi connectivity index (χ0) is 28.3. The number of nitrogens with one attached hydrogen (secondary N) is 4. The Morgan fingerprint density at radius 1 is 0.897 bits per heavy atom. The summed E-state index contributed by atoms with van der Waals surface area (Å²) in [4.78, 5) is 40.4. The van der Waals surface area contributed by atoms with E-state index in [4.69, 9.17) is 11.6 Å². The van der Waals surface area contributed by atoms with E-state index in [0.717, 1.165) is 12.1 Å². The number of carbonyl (C=O) groups is 3. The van der Waals surface area contributed by atoms with Gasteiger partial charge in [0.2, 0.25) is 5.91 Å². The number of anilines is 2. The third kappa shape index (κ3) is 6.77. The van der Waals surface area contributed by atoms with Crippen LogP contribution in [0.15, 0.2) is 66.7 Å². The van der Waals surface area contributed by atoms with Crippen LogP contribution in [-0.2, 0) is 17.5 Å². The SMILES string of the molecule is CC(C)C(=O)NCc1ccc(Cl)c(C(=O)Nc2ccc3cc(C(=O)Nc4cccc(C(F)(F)F)c4)[nH]c3c2)c1. The van der Waals surface area contributed by atoms with Crippen molar-refractivity contribution in [3.05, 3.63) is 94.1 Å². The lowest BCUT2D eigenvalue weighted by Crippen LogP contribution is -2.27. The number of hydrogen-bond donors (Lipinski definition) is 4. The second kappa shape index (κ2) is 11.2. The van der Waals surface area contributed by atoms with Gasteiger partial charge in [0.15, 0.2) is 0 Å². The third-order valence-electron chi connectivity index (χ3n) is 5.84. The quantitative estimate of drug-likeness (QED) is 0.206. The number of hydrogen-bond acceptors (Lipinski definition) is 3. The van der Waals surface area contributed by atoms with E-state index in [1.54, 1.807) is 56.3 Å². The van der Waals surface area contributed by atoms with Crippen molar-refractivity contribution < 1.29 is 27.6 Å². The van der Waals surface area contributed by atoms with E-state index in [-0.39, 0.29) is 40.3 Å². The average molecular weight is 557 g/mol. The van der Waals surface area contributed by atoms with Crippen molar-refractivity contribution in [2.75, 3.05) is 10.6 Å². The van der Waals surface area contributed by atoms with Crippen LogP contribution in [0.1, 0.15) is 45.8 Å². The van der Waals surface area contributed by atoms with Crippen molar-refractivity contribution in [3.8, 4) is 0 Å². The van der Waals surface area contributed by atoms with Crippen LogP contribution in [0.4, 0.5) is 24.5 Å². The smallest absolute Gasteiger partial charge is 0.352 e. The highest BCUT2D eigenvalue weighted by atomic mass is 35.5. The number of H-pyrrole nitrogens is 1. The highest BCUT2D eigenvalue weighted by Crippen LogP contribution is 2.31. The lowest BCUT2D eigenvalue weighted by atomic mass is 10.1. The Bertz CT molecular complexity index is 1560. The van der Waals surface area contributed by atoms with E-state index in [2.05, 4.69) is 20.9 Å². The molecular weight excluding hydrogens is 533 g/mol. The molecule has 11 heteroatoms. The zero-order valence-corrected chi connectivity index (χ0v) is 21.6. The van der Waals surface area contributed by atoms with Crippen molar-refractivity contribution in [1.29, 1.82) is 0 Å². The van der Waals surface area contributed by atoms with Gasteiger partial charge < -0.3 is 20.9 Å². The Hall–Kier alpha value is -4.31. The van der Waals surface area contributed by atoms with Crippen molar-refractivity contribution >= 4 is 51.6 Å². The number of halogens is 4. The first-order chi connectivity index (χ1) is 18.4. The molecule has 0 bridgehead atoms. The molecule has 0 aliphatic carbocycles. The fraction of sp³-hybridized carbons (Fsp3) is 0.179. The van der Waals surface area contributed by atoms with Gasteiger partial charge >= 0.3 is 6.18 Å². The van der Waals surface area contributed by atoms with E-state index >= 15 is 0 Å². The molecule has 4 rings (SSSR count). The molecule has 0 fully saturated rings. The van der Waals surface area contributed by atoms with Crippen LogP contribution in [0.3, 0.4) is 0 Å². The topological polar surface area (TPSA) is 103 Å². The predicted molar refractivity (Wildman–Crippen MR) is 144 cm³/mol. The fourth-order valence-electron chi connectivity index (χ4n) is 3.75. The Labute approximate surface area is 226 Å². The fourth-order valence-corrected chi connectivity index (χ4v) is 3.95. The van der Waals surface area contributed by atoms with Crippen LogP contribution in [0.5, 0.6) is 0 Å². The summed E-state index contributed by atoms with van der Waals surface area (Å²) in [5.41, 5.74) is 1.14. The Balaban J connectivity index is 1.47. The van der Waals surface area contributed by atoms with Gasteiger partial charge in [0.1, 0.15) is 5.69 Å². The molecular formula is C28H24ClF3N4O3. The van der Waals surface area contributed by atoms with Crippen LogP contribution in [0.2, 0.25) is 5.02 Å². The monoisotopic (exact) mass is 556 g/mol. The number of alkyl halides is 3. The maximum Gasteiger partial charge on any atom is 0.416 e. The van der Waals surface area contributed by atoms with Gasteiger partial charge in [0.05, 0.1) is 16.1 Å². The van der Waals surface area contributed by atoms with Gasteiger partial charge in [0.25, 0.3) is 11.8 Å². The Kier molecular flexibility index (Phi) is 7.96. The van der Waals surface area contributed by atoms with Gasteiger partial charge in [-0.15, -0.1) is 0 Å². The summed E-state index contributed by atoms with van der Waals surface area (Å²) in [6.45, 7) is 3.81. The maximum atomic E-state index is 13.0. The average Bonchev–Trinajstić information content (AvgIpc) is 3.31. The number of amides is 3. The first-order valence-electron chi connectivity index (χ1n) is 11.9. The molecule has 3 amide bonds. The van der Waals surface area contributed by atoms with Crippen LogP contribution < -0.4 is 16.0 Å². The van der Waals surface area contributed by atoms with E-state index in [0.29, 0.717) is 22.2 Å². The van der Waals surface area contributed by atoms with E-state index in [9.17, 15) is 27.6 Å². The van der Waals surface area contributed by atoms with E-state index < -0.39 is 23.6 Å². The second-order valence-electron chi connectivity index (χ2n) is 9.16. The number of benzene rings is 3. The molecule has 3 aromatic carbocycles. The van der Waals surface area contributed by atoms with E-state index in [1.165, 1.54) is 12.1 Å². The molecule has 0 spiro atoms. The number of rotatable bonds is 7. The molecule has 0 aliphatic rings. The molecule has 202 valence electrons. The van der Waals surface area contributed by atoms with Gasteiger partial charge in [-0.3, -0.25) is 14.4 Å². The second-order valence-corrected chi connectivity index (χ2v) is 9.57. The highest BCUT2D eigenvalue weighted by molar-refractivity contribution is 6.34. The van der Waals surface area contributed by atoms with E-state index in [1.807, 2.05) is 0 Å². The lowest BCUT2D eigenvalue weighted by molar-refractivity contribution is -0.137. The van der Waals surface area contributed by atoms with Crippen LogP contribution in [-0.4, -0.2) is 22.7 Å². The summed E-state index contributed by atoms with van der Waals surface area (Å²) >= 11 is 6.24. The summed E-state index contributed by atoms with van der Waals surface area (Å²) in [6, 6.07) is 15.7. The molecule has 0 radical (unpaired) electrons. The summed E-state index contributed by atoms with van der Waals surface area (Å²) in [6.07, 6.45) is -4.53. The van der Waals surface area contributed by atoms with Crippen molar-refractivity contribution in [2.45, 2.75) is 26.6 Å². The minimum absolute atomic E-state index is 0.00399. The lowest BCUT2D eigenvalue weighted by Gasteiger charge is -2.11. The standard InChI is InChI=1S/C28H24ClF3N4O3/c1-15(2)25(37)33-14-16-6-9-22(29)21(10-16)26(38)34-20-8-7-17-11-24(36-23(17)13-20)27(39)35-19-5-3-4-18(12-19)28(30,31)32/h3-13,15,36H,14H2,1-2H3,(H,33,37)(H,34,38)(H,35,39). The summed E-state index contributed by atoms with van der Waals surface area (Å²) < 4.78 is 38.9. The predicted octanol–water partition coefficient (Wildman–Crippen LogP) is 6.62. The van der Waals surface area contributed by atoms with Gasteiger partial charge in [-0.2, -0.15) is 13.2 Å². The van der Waals surface area contributed by atoms with Gasteiger partial charge in [-0.05, 0) is 54.1 Å². The molecule has 0 aliphatic heterocycles. The van der Waals surface area contributed by atoms with Crippen molar-refractivity contribution in [3.63, 3.8) is 0 Å². The zero-order valence-electron chi connectivity index (χ0n) is 20.9. The van der Waals surface area contributed by atoms with Gasteiger partial charge in [0, 0.05) is 34.7 Å². The summed E-state index contributed by atoms with van der Waals surface area (Å²) in [7, 11) is 0. The molecule has 39 heavy (non-hydrogen) atoms. The first kappa shape index (κ1) is 27.7. The summed E-state index contributed by atoms with van der Waals surface area (Å²) in [5, 5.41) is 8.90. The molecule has 0 saturated heterocycles. The maximum absolute atomic E-state index is 13.0. The first-order valence-corrected chi connectivity index (χ1v) is 12.3. The normalized spacial score (nSPS) is 11.5. The largest absolute Gasteiger partial charge is 0.416 e. The highest BCUT2D eigenvalue weighted by Gasteiger charge is 2.30. The number of aromatic amines is 1. The Morgan fingerprint density at radius 3 is 2.33 bits per heavy atom. The minimum Gasteiger partial charge on any atom is -0.352 e. The molecule has 1 aromatic heterocycles. The van der Waals surface area contributed by atoms with Crippen molar-refractivity contribution in [1.82, 2.24) is 10.3 Å². The molecule has 4 N–H and O–H groups in total. The molecule has 4 aromatic rings. The van der Waals surface area contributed by atoms with Gasteiger partial charge in [-0.25, -0.2) is 0 Å². The molecule has 7 nitrogen and oxygen atoms in total. The van der Waals surface area contributed by atoms with Crippen LogP contribution in [0.25, 0.3) is 10.9 Å². The van der Waals surface area contributed by atoms with Crippen LogP contribution >= 0.6 is 11.6 Å². The summed E-state index contributed by atoms with van der Waals surface area (Å²) in [5.74, 6) is -1.37. The molecule has 0 atom stereocenters. The molecule has 1 heterocycles. The number of carbonyl (C=O) groups excluding carboxylic acids is 3. The molecule has 0 unspecified atom stereocenters. The third-order valence-corrected chi connectivity index (χ3v) is 6.17. The van der Waals surface area contributed by atoms with Gasteiger partial charge in [-0.1, -0.05) is 43.6 Å². The molecule has 0 saturated carbocycles.